The molecule has 1 atom stereocenters. The van der Waals surface area contributed by atoms with Gasteiger partial charge in [0.05, 0.1) is 8.95 Å². The van der Waals surface area contributed by atoms with Crippen molar-refractivity contribution in [3.05, 3.63) is 26.6 Å². The number of halogens is 2. The molecule has 1 amide bonds. The summed E-state index contributed by atoms with van der Waals surface area (Å²) in [6, 6.07) is 4.12. The summed E-state index contributed by atoms with van der Waals surface area (Å²) < 4.78 is 7.21. The smallest absolute Gasteiger partial charge is 0.257 e. The van der Waals surface area contributed by atoms with Crippen LogP contribution in [0, 0.1) is 0 Å². The first-order valence-corrected chi connectivity index (χ1v) is 8.69. The van der Waals surface area contributed by atoms with Gasteiger partial charge in [-0.2, -0.15) is 0 Å². The number of benzene rings is 1. The lowest BCUT2D eigenvalue weighted by molar-refractivity contribution is -0.123. The second-order valence-electron chi connectivity index (χ2n) is 4.90. The van der Waals surface area contributed by atoms with Crippen molar-refractivity contribution in [2.45, 2.75) is 39.2 Å². The minimum atomic E-state index is -0.118. The highest BCUT2D eigenvalue weighted by atomic mass is 79.9. The van der Waals surface area contributed by atoms with E-state index < -0.39 is 0 Å². The van der Waals surface area contributed by atoms with E-state index in [9.17, 15) is 4.79 Å². The van der Waals surface area contributed by atoms with Gasteiger partial charge in [-0.25, -0.2) is 0 Å². The molecule has 0 saturated carbocycles. The molecule has 0 fully saturated rings. The van der Waals surface area contributed by atoms with Crippen molar-refractivity contribution in [1.29, 1.82) is 0 Å². The average Bonchev–Trinajstić information content (AvgIpc) is 2.43. The Balaban J connectivity index is 2.69. The van der Waals surface area contributed by atoms with Crippen molar-refractivity contribution >= 4 is 37.8 Å². The zero-order valence-electron chi connectivity index (χ0n) is 12.4. The molecular weight excluding hydrogens is 400 g/mol. The summed E-state index contributed by atoms with van der Waals surface area (Å²) in [5.41, 5.74) is 7.10. The van der Waals surface area contributed by atoms with Gasteiger partial charge in [-0.3, -0.25) is 4.79 Å². The second kappa shape index (κ2) is 9.43. The molecule has 1 rings (SSSR count). The predicted molar refractivity (Wildman–Crippen MR) is 92.6 cm³/mol. The van der Waals surface area contributed by atoms with Gasteiger partial charge in [0.25, 0.3) is 5.91 Å². The topological polar surface area (TPSA) is 64.3 Å². The van der Waals surface area contributed by atoms with Crippen molar-refractivity contribution in [2.24, 2.45) is 5.73 Å². The lowest BCUT2D eigenvalue weighted by Gasteiger charge is -2.14. The molecule has 118 valence electrons. The summed E-state index contributed by atoms with van der Waals surface area (Å²) in [7, 11) is 0. The molecule has 0 heterocycles. The minimum Gasteiger partial charge on any atom is -0.481 e. The molecule has 0 saturated heterocycles. The van der Waals surface area contributed by atoms with Crippen LogP contribution in [0.15, 0.2) is 21.1 Å². The van der Waals surface area contributed by atoms with Gasteiger partial charge < -0.3 is 15.8 Å². The number of carbonyl (C=O) groups excluding carboxylic acids is 1. The fourth-order valence-corrected chi connectivity index (χ4v) is 3.28. The molecule has 1 aromatic carbocycles. The molecule has 6 heteroatoms. The number of amides is 1. The molecule has 0 spiro atoms. The normalized spacial score (nSPS) is 12.0. The summed E-state index contributed by atoms with van der Waals surface area (Å²) in [5, 5.41) is 2.78. The predicted octanol–water partition coefficient (Wildman–Crippen LogP) is 3.40. The summed E-state index contributed by atoms with van der Waals surface area (Å²) in [5.74, 6) is 0.517. The van der Waals surface area contributed by atoms with Gasteiger partial charge in [0.15, 0.2) is 6.61 Å². The van der Waals surface area contributed by atoms with E-state index in [0.717, 1.165) is 33.8 Å². The van der Waals surface area contributed by atoms with Crippen LogP contribution in [0.5, 0.6) is 5.75 Å². The number of hydrogen-bond donors (Lipinski definition) is 2. The van der Waals surface area contributed by atoms with E-state index in [1.54, 1.807) is 0 Å². The number of hydrogen-bond acceptors (Lipinski definition) is 3. The molecule has 0 aliphatic heterocycles. The van der Waals surface area contributed by atoms with Crippen molar-refractivity contribution in [3.8, 4) is 5.75 Å². The second-order valence-corrected chi connectivity index (χ2v) is 6.61. The Morgan fingerprint density at radius 1 is 1.33 bits per heavy atom. The first-order chi connectivity index (χ1) is 9.97. The molecule has 0 radical (unpaired) electrons. The summed E-state index contributed by atoms with van der Waals surface area (Å²) in [4.78, 5) is 11.6. The van der Waals surface area contributed by atoms with Crippen molar-refractivity contribution < 1.29 is 9.53 Å². The van der Waals surface area contributed by atoms with Crippen LogP contribution >= 0.6 is 31.9 Å². The largest absolute Gasteiger partial charge is 0.481 e. The molecular formula is C15H22Br2N2O2. The molecule has 4 nitrogen and oxygen atoms in total. The van der Waals surface area contributed by atoms with Gasteiger partial charge in [-0.15, -0.1) is 0 Å². The van der Waals surface area contributed by atoms with Crippen LogP contribution in [0.1, 0.15) is 32.3 Å². The van der Waals surface area contributed by atoms with Crippen molar-refractivity contribution in [3.63, 3.8) is 0 Å². The maximum absolute atomic E-state index is 11.6. The van der Waals surface area contributed by atoms with E-state index >= 15 is 0 Å². The van der Waals surface area contributed by atoms with Crippen LogP contribution in [0.4, 0.5) is 0 Å². The highest BCUT2D eigenvalue weighted by molar-refractivity contribution is 9.11. The molecule has 0 bridgehead atoms. The van der Waals surface area contributed by atoms with Crippen LogP contribution in [0.2, 0.25) is 0 Å². The minimum absolute atomic E-state index is 0.00498. The van der Waals surface area contributed by atoms with E-state index in [1.165, 1.54) is 0 Å². The van der Waals surface area contributed by atoms with Gasteiger partial charge in [-0.1, -0.05) is 13.8 Å². The number of carbonyl (C=O) groups is 1. The quantitative estimate of drug-likeness (QED) is 0.675. The maximum atomic E-state index is 11.6. The number of nitrogens with one attached hydrogen (secondary N) is 1. The molecule has 1 unspecified atom stereocenters. The third-order valence-corrected chi connectivity index (χ3v) is 4.18. The van der Waals surface area contributed by atoms with Gasteiger partial charge >= 0.3 is 0 Å². The molecule has 1 aromatic rings. The molecule has 0 aliphatic carbocycles. The van der Waals surface area contributed by atoms with E-state index in [-0.39, 0.29) is 18.6 Å². The lowest BCUT2D eigenvalue weighted by Crippen LogP contribution is -2.29. The Labute approximate surface area is 143 Å². The first kappa shape index (κ1) is 18.5. The van der Waals surface area contributed by atoms with Crippen LogP contribution in [0.3, 0.4) is 0 Å². The fraction of sp³-hybridized carbons (Fsp3) is 0.533. The highest BCUT2D eigenvalue weighted by Gasteiger charge is 2.12. The first-order valence-electron chi connectivity index (χ1n) is 7.10. The molecule has 3 N–H and O–H groups in total. The zero-order chi connectivity index (χ0) is 15.8. The van der Waals surface area contributed by atoms with Gasteiger partial charge in [0, 0.05) is 12.6 Å². The third-order valence-electron chi connectivity index (χ3n) is 3.00. The van der Waals surface area contributed by atoms with Gasteiger partial charge in [0.1, 0.15) is 5.75 Å². The van der Waals surface area contributed by atoms with Gasteiger partial charge in [0.2, 0.25) is 0 Å². The average molecular weight is 422 g/mol. The molecule has 21 heavy (non-hydrogen) atoms. The lowest BCUT2D eigenvalue weighted by atomic mass is 10.0. The Morgan fingerprint density at radius 3 is 2.48 bits per heavy atom. The van der Waals surface area contributed by atoms with E-state index in [1.807, 2.05) is 19.1 Å². The summed E-state index contributed by atoms with van der Waals surface area (Å²) >= 11 is 6.97. The van der Waals surface area contributed by atoms with Gasteiger partial charge in [-0.05, 0) is 68.8 Å². The molecule has 0 aliphatic rings. The van der Waals surface area contributed by atoms with Crippen LogP contribution in [0.25, 0.3) is 0 Å². The third kappa shape index (κ3) is 6.36. The van der Waals surface area contributed by atoms with Crippen LogP contribution < -0.4 is 15.8 Å². The van der Waals surface area contributed by atoms with E-state index in [0.29, 0.717) is 12.3 Å². The van der Waals surface area contributed by atoms with Crippen molar-refractivity contribution in [2.75, 3.05) is 13.2 Å². The monoisotopic (exact) mass is 420 g/mol. The van der Waals surface area contributed by atoms with E-state index in [2.05, 4.69) is 44.1 Å². The van der Waals surface area contributed by atoms with E-state index in [4.69, 9.17) is 10.5 Å². The van der Waals surface area contributed by atoms with Crippen molar-refractivity contribution in [1.82, 2.24) is 5.32 Å². The fourth-order valence-electron chi connectivity index (χ4n) is 1.77. The maximum Gasteiger partial charge on any atom is 0.257 e. The standard InChI is InChI=1S/C15H22Br2N2O2/c1-3-5-19-14(20)9-21-15-12(16)7-10(8-13(15)17)6-11(18)4-2/h7-8,11H,3-6,9,18H2,1-2H3,(H,19,20). The Morgan fingerprint density at radius 2 is 1.95 bits per heavy atom. The summed E-state index contributed by atoms with van der Waals surface area (Å²) in [6.07, 6.45) is 2.65. The highest BCUT2D eigenvalue weighted by Crippen LogP contribution is 2.35. The molecule has 0 aromatic heterocycles. The summed E-state index contributed by atoms with van der Waals surface area (Å²) in [6.45, 7) is 4.75. The number of ether oxygens (including phenoxy) is 1. The van der Waals surface area contributed by atoms with Crippen LogP contribution in [-0.4, -0.2) is 25.1 Å². The zero-order valence-corrected chi connectivity index (χ0v) is 15.6. The Kier molecular flexibility index (Phi) is 8.29. The Hall–Kier alpha value is -0.590. The number of rotatable bonds is 8. The number of nitrogens with two attached hydrogens (primary N) is 1. The van der Waals surface area contributed by atoms with Crippen LogP contribution in [-0.2, 0) is 11.2 Å². The Bertz CT molecular complexity index is 458. The SMILES string of the molecule is CCCNC(=O)COc1c(Br)cc(CC(N)CC)cc1Br.